The quantitative estimate of drug-likeness (QED) is 0.467. The maximum Gasteiger partial charge on any atom is 0.276 e. The van der Waals surface area contributed by atoms with Gasteiger partial charge in [-0.25, -0.2) is 9.67 Å². The van der Waals surface area contributed by atoms with Crippen LogP contribution >= 0.6 is 24.8 Å². The Morgan fingerprint density at radius 1 is 1.00 bits per heavy atom. The van der Waals surface area contributed by atoms with E-state index in [0.29, 0.717) is 36.9 Å². The summed E-state index contributed by atoms with van der Waals surface area (Å²) in [5.74, 6) is 1.42. The number of rotatable bonds is 4. The summed E-state index contributed by atoms with van der Waals surface area (Å²) in [5, 5.41) is 9.84. The average Bonchev–Trinajstić information content (AvgIpc) is 3.59. The molecule has 3 aromatic heterocycles. The van der Waals surface area contributed by atoms with Crippen LogP contribution in [0.15, 0.2) is 59.8 Å². The number of hydrogen-bond acceptors (Lipinski definition) is 5. The van der Waals surface area contributed by atoms with Gasteiger partial charge in [0, 0.05) is 49.4 Å². The number of benzene rings is 1. The SMILES string of the molecule is Cl.Cl.O=c1c2c(N3[C@@H]4CC[C@H]3[C@H]3CNC[C@H]34)cccc2cnn1CCc1cn2ccccc2n1. The monoisotopic (exact) mass is 498 g/mol. The lowest BCUT2D eigenvalue weighted by Gasteiger charge is -2.28. The van der Waals surface area contributed by atoms with Gasteiger partial charge in [-0.2, -0.15) is 5.10 Å². The van der Waals surface area contributed by atoms with Gasteiger partial charge in [0.25, 0.3) is 5.56 Å². The molecule has 0 amide bonds. The van der Waals surface area contributed by atoms with Gasteiger partial charge in [0.2, 0.25) is 0 Å². The minimum atomic E-state index is 0. The van der Waals surface area contributed by atoms with Crippen LogP contribution in [0, 0.1) is 11.8 Å². The molecule has 0 unspecified atom stereocenters. The minimum Gasteiger partial charge on any atom is -0.364 e. The first-order valence-corrected chi connectivity index (χ1v) is 11.7. The van der Waals surface area contributed by atoms with Crippen LogP contribution in [0.3, 0.4) is 0 Å². The number of anilines is 1. The molecule has 1 aromatic carbocycles. The summed E-state index contributed by atoms with van der Waals surface area (Å²) >= 11 is 0. The van der Waals surface area contributed by atoms with Gasteiger partial charge in [-0.05, 0) is 42.9 Å². The van der Waals surface area contributed by atoms with Crippen LogP contribution < -0.4 is 15.8 Å². The summed E-state index contributed by atoms with van der Waals surface area (Å²) in [6.45, 7) is 2.74. The molecule has 6 heterocycles. The van der Waals surface area contributed by atoms with Gasteiger partial charge in [0.15, 0.2) is 0 Å². The smallest absolute Gasteiger partial charge is 0.276 e. The lowest BCUT2D eigenvalue weighted by Crippen LogP contribution is -2.35. The van der Waals surface area contributed by atoms with Crippen molar-refractivity contribution in [3.05, 3.63) is 71.0 Å². The van der Waals surface area contributed by atoms with Crippen LogP contribution in [0.4, 0.5) is 5.69 Å². The molecule has 0 aliphatic carbocycles. The fourth-order valence-electron chi connectivity index (χ4n) is 6.54. The molecular formula is C25H28Cl2N6O. The predicted octanol–water partition coefficient (Wildman–Crippen LogP) is 3.32. The largest absolute Gasteiger partial charge is 0.364 e. The number of nitrogens with one attached hydrogen (secondary N) is 1. The van der Waals surface area contributed by atoms with Crippen molar-refractivity contribution < 1.29 is 0 Å². The molecule has 9 heteroatoms. The predicted molar refractivity (Wildman–Crippen MR) is 139 cm³/mol. The van der Waals surface area contributed by atoms with E-state index in [1.807, 2.05) is 47.3 Å². The normalized spacial score (nSPS) is 24.9. The van der Waals surface area contributed by atoms with Gasteiger partial charge in [0.1, 0.15) is 5.65 Å². The first kappa shape index (κ1) is 23.1. The Labute approximate surface area is 210 Å². The molecular weight excluding hydrogens is 471 g/mol. The van der Waals surface area contributed by atoms with Crippen molar-refractivity contribution in [2.75, 3.05) is 18.0 Å². The minimum absolute atomic E-state index is 0. The third-order valence-corrected chi connectivity index (χ3v) is 7.90. The highest BCUT2D eigenvalue weighted by Gasteiger charge is 2.54. The van der Waals surface area contributed by atoms with E-state index in [2.05, 4.69) is 32.4 Å². The molecule has 178 valence electrons. The summed E-state index contributed by atoms with van der Waals surface area (Å²) in [4.78, 5) is 20.9. The van der Waals surface area contributed by atoms with Gasteiger partial charge in [0.05, 0.1) is 29.5 Å². The molecule has 0 spiro atoms. The zero-order chi connectivity index (χ0) is 21.2. The van der Waals surface area contributed by atoms with Crippen molar-refractivity contribution in [2.45, 2.75) is 37.9 Å². The number of nitrogens with zero attached hydrogens (tertiary/aromatic N) is 5. The molecule has 3 aliphatic rings. The van der Waals surface area contributed by atoms with Gasteiger partial charge in [-0.15, -0.1) is 24.8 Å². The number of halogens is 2. The van der Waals surface area contributed by atoms with E-state index in [1.165, 1.54) is 12.8 Å². The average molecular weight is 499 g/mol. The van der Waals surface area contributed by atoms with Crippen LogP contribution in [0.5, 0.6) is 0 Å². The molecule has 4 aromatic rings. The van der Waals surface area contributed by atoms with E-state index in [4.69, 9.17) is 0 Å². The summed E-state index contributed by atoms with van der Waals surface area (Å²) < 4.78 is 3.63. The van der Waals surface area contributed by atoms with Crippen LogP contribution in [-0.4, -0.2) is 44.3 Å². The Morgan fingerprint density at radius 2 is 1.79 bits per heavy atom. The lowest BCUT2D eigenvalue weighted by atomic mass is 9.82. The highest BCUT2D eigenvalue weighted by molar-refractivity contribution is 5.93. The zero-order valence-corrected chi connectivity index (χ0v) is 20.3. The second-order valence-electron chi connectivity index (χ2n) is 9.47. The van der Waals surface area contributed by atoms with Crippen molar-refractivity contribution in [1.29, 1.82) is 0 Å². The standard InChI is InChI=1S/C25H26N6O.2ClH/c32-25-24-16(12-27-30(25)11-9-17-15-29-10-2-1-6-23(29)28-17)4-3-5-22(24)31-20-7-8-21(31)19-14-26-13-18(19)20;;/h1-6,10,12,15,18-21,26H,7-9,11,13-14H2;2*1H/t18-,19+,20-,21+;;. The fourth-order valence-corrected chi connectivity index (χ4v) is 6.54. The molecule has 1 N–H and O–H groups in total. The number of imidazole rings is 1. The third-order valence-electron chi connectivity index (χ3n) is 7.90. The van der Waals surface area contributed by atoms with E-state index in [-0.39, 0.29) is 30.4 Å². The number of aryl methyl sites for hydroxylation is 2. The Kier molecular flexibility index (Phi) is 6.04. The highest BCUT2D eigenvalue weighted by atomic mass is 35.5. The maximum absolute atomic E-state index is 13.6. The molecule has 2 bridgehead atoms. The molecule has 7 rings (SSSR count). The van der Waals surface area contributed by atoms with E-state index in [9.17, 15) is 4.79 Å². The molecule has 3 saturated heterocycles. The number of aromatic nitrogens is 4. The Morgan fingerprint density at radius 3 is 2.56 bits per heavy atom. The molecule has 3 fully saturated rings. The Bertz CT molecular complexity index is 1350. The van der Waals surface area contributed by atoms with Gasteiger partial charge >= 0.3 is 0 Å². The molecule has 34 heavy (non-hydrogen) atoms. The fraction of sp³-hybridized carbons (Fsp3) is 0.400. The van der Waals surface area contributed by atoms with Crippen molar-refractivity contribution in [3.63, 3.8) is 0 Å². The molecule has 0 radical (unpaired) electrons. The summed E-state index contributed by atoms with van der Waals surface area (Å²) in [7, 11) is 0. The topological polar surface area (TPSA) is 67.5 Å². The molecule has 0 saturated carbocycles. The first-order valence-electron chi connectivity index (χ1n) is 11.7. The Balaban J connectivity index is 0.00000120. The number of pyridine rings is 1. The van der Waals surface area contributed by atoms with E-state index in [1.54, 1.807) is 4.68 Å². The highest BCUT2D eigenvalue weighted by Crippen LogP contribution is 2.50. The van der Waals surface area contributed by atoms with E-state index >= 15 is 0 Å². The molecule has 3 aliphatic heterocycles. The van der Waals surface area contributed by atoms with Crippen molar-refractivity contribution in [2.24, 2.45) is 11.8 Å². The van der Waals surface area contributed by atoms with Crippen molar-refractivity contribution in [1.82, 2.24) is 24.5 Å². The Hall–Kier alpha value is -2.61. The summed E-state index contributed by atoms with van der Waals surface area (Å²) in [5.41, 5.74) is 3.01. The van der Waals surface area contributed by atoms with Crippen molar-refractivity contribution >= 4 is 46.9 Å². The number of hydrogen-bond donors (Lipinski definition) is 1. The van der Waals surface area contributed by atoms with E-state index < -0.39 is 0 Å². The molecule has 7 nitrogen and oxygen atoms in total. The van der Waals surface area contributed by atoms with Gasteiger partial charge in [-0.1, -0.05) is 18.2 Å². The second-order valence-corrected chi connectivity index (χ2v) is 9.47. The maximum atomic E-state index is 13.6. The number of fused-ring (bicyclic) bond motifs is 7. The second kappa shape index (κ2) is 8.87. The summed E-state index contributed by atoms with van der Waals surface area (Å²) in [6.07, 6.45) is 9.01. The lowest BCUT2D eigenvalue weighted by molar-refractivity contribution is 0.354. The van der Waals surface area contributed by atoms with Crippen molar-refractivity contribution in [3.8, 4) is 0 Å². The summed E-state index contributed by atoms with van der Waals surface area (Å²) in [6, 6.07) is 13.3. The third kappa shape index (κ3) is 3.41. The molecule has 4 atom stereocenters. The van der Waals surface area contributed by atoms with Crippen LogP contribution in [0.1, 0.15) is 18.5 Å². The van der Waals surface area contributed by atoms with Crippen LogP contribution in [-0.2, 0) is 13.0 Å². The van der Waals surface area contributed by atoms with Gasteiger partial charge < -0.3 is 14.6 Å². The zero-order valence-electron chi connectivity index (χ0n) is 18.7. The van der Waals surface area contributed by atoms with Crippen LogP contribution in [0.25, 0.3) is 16.4 Å². The van der Waals surface area contributed by atoms with Gasteiger partial charge in [-0.3, -0.25) is 4.79 Å². The van der Waals surface area contributed by atoms with Crippen LogP contribution in [0.2, 0.25) is 0 Å². The first-order chi connectivity index (χ1) is 15.8. The van der Waals surface area contributed by atoms with E-state index in [0.717, 1.165) is 40.9 Å².